The number of halogens is 1. The second-order valence-corrected chi connectivity index (χ2v) is 7.41. The first-order chi connectivity index (χ1) is 10.2. The Balaban J connectivity index is 1.87. The van der Waals surface area contributed by atoms with Crippen molar-refractivity contribution >= 4 is 17.7 Å². The molecule has 0 bridgehead atoms. The molecule has 1 saturated heterocycles. The van der Waals surface area contributed by atoms with Crippen LogP contribution in [0.2, 0.25) is 5.02 Å². The first-order valence-corrected chi connectivity index (χ1v) is 8.10. The predicted octanol–water partition coefficient (Wildman–Crippen LogP) is 3.47. The van der Waals surface area contributed by atoms with Gasteiger partial charge in [-0.3, -0.25) is 0 Å². The molecule has 4 nitrogen and oxygen atoms in total. The van der Waals surface area contributed by atoms with E-state index in [9.17, 15) is 4.79 Å². The SMILES string of the molecule is CC(C)(C)OC(=O)N1CCC(C(N)Cc2ccc(Cl)cc2)C1. The summed E-state index contributed by atoms with van der Waals surface area (Å²) in [5, 5.41) is 0.731. The second kappa shape index (κ2) is 6.88. The van der Waals surface area contributed by atoms with Crippen molar-refractivity contribution in [3.63, 3.8) is 0 Å². The Bertz CT molecular complexity index is 510. The van der Waals surface area contributed by atoms with Gasteiger partial charge in [0.2, 0.25) is 0 Å². The van der Waals surface area contributed by atoms with E-state index in [-0.39, 0.29) is 12.1 Å². The molecule has 22 heavy (non-hydrogen) atoms. The van der Waals surface area contributed by atoms with Crippen molar-refractivity contribution < 1.29 is 9.53 Å². The van der Waals surface area contributed by atoms with Crippen LogP contribution in [0.15, 0.2) is 24.3 Å². The van der Waals surface area contributed by atoms with Crippen LogP contribution in [-0.4, -0.2) is 35.7 Å². The number of hydrogen-bond acceptors (Lipinski definition) is 3. The zero-order valence-corrected chi connectivity index (χ0v) is 14.3. The highest BCUT2D eigenvalue weighted by Crippen LogP contribution is 2.23. The number of ether oxygens (including phenoxy) is 1. The molecule has 2 unspecified atom stereocenters. The first-order valence-electron chi connectivity index (χ1n) is 7.72. The molecule has 1 amide bonds. The number of nitrogens with two attached hydrogens (primary N) is 1. The molecular weight excluding hydrogens is 300 g/mol. The summed E-state index contributed by atoms with van der Waals surface area (Å²) in [5.41, 5.74) is 7.04. The van der Waals surface area contributed by atoms with Gasteiger partial charge in [-0.2, -0.15) is 0 Å². The van der Waals surface area contributed by atoms with Crippen LogP contribution in [0, 0.1) is 5.92 Å². The molecule has 1 aliphatic heterocycles. The maximum absolute atomic E-state index is 12.1. The van der Waals surface area contributed by atoms with Crippen molar-refractivity contribution in [1.82, 2.24) is 4.90 Å². The third-order valence-electron chi connectivity index (χ3n) is 3.87. The first kappa shape index (κ1) is 17.1. The molecule has 0 aromatic heterocycles. The third-order valence-corrected chi connectivity index (χ3v) is 4.12. The molecule has 1 heterocycles. The summed E-state index contributed by atoms with van der Waals surface area (Å²) in [7, 11) is 0. The minimum atomic E-state index is -0.458. The Hall–Kier alpha value is -1.26. The monoisotopic (exact) mass is 324 g/mol. The largest absolute Gasteiger partial charge is 0.444 e. The van der Waals surface area contributed by atoms with E-state index in [1.807, 2.05) is 45.0 Å². The van der Waals surface area contributed by atoms with Gasteiger partial charge >= 0.3 is 6.09 Å². The number of benzene rings is 1. The topological polar surface area (TPSA) is 55.6 Å². The molecule has 5 heteroatoms. The summed E-state index contributed by atoms with van der Waals surface area (Å²) in [4.78, 5) is 13.8. The van der Waals surface area contributed by atoms with Crippen molar-refractivity contribution in [3.05, 3.63) is 34.9 Å². The van der Waals surface area contributed by atoms with Crippen LogP contribution >= 0.6 is 11.6 Å². The average Bonchev–Trinajstić information content (AvgIpc) is 2.89. The Morgan fingerprint density at radius 2 is 2.05 bits per heavy atom. The van der Waals surface area contributed by atoms with Gasteiger partial charge in [-0.25, -0.2) is 4.79 Å². The van der Waals surface area contributed by atoms with Crippen molar-refractivity contribution in [3.8, 4) is 0 Å². The highest BCUT2D eigenvalue weighted by atomic mass is 35.5. The molecule has 0 spiro atoms. The van der Waals surface area contributed by atoms with Crippen LogP contribution < -0.4 is 5.73 Å². The summed E-state index contributed by atoms with van der Waals surface area (Å²) in [6.45, 7) is 7.03. The van der Waals surface area contributed by atoms with Crippen LogP contribution in [-0.2, 0) is 11.2 Å². The number of hydrogen-bond donors (Lipinski definition) is 1. The number of carbonyl (C=O) groups is 1. The zero-order valence-electron chi connectivity index (χ0n) is 13.5. The fraction of sp³-hybridized carbons (Fsp3) is 0.588. The molecule has 0 radical (unpaired) electrons. The molecule has 1 fully saturated rings. The number of carbonyl (C=O) groups excluding carboxylic acids is 1. The molecule has 1 aliphatic rings. The molecular formula is C17H25ClN2O2. The van der Waals surface area contributed by atoms with E-state index in [1.54, 1.807) is 4.90 Å². The fourth-order valence-electron chi connectivity index (χ4n) is 2.69. The summed E-state index contributed by atoms with van der Waals surface area (Å²) in [5.74, 6) is 0.309. The number of likely N-dealkylation sites (tertiary alicyclic amines) is 1. The van der Waals surface area contributed by atoms with Gasteiger partial charge in [-0.15, -0.1) is 0 Å². The lowest BCUT2D eigenvalue weighted by molar-refractivity contribution is 0.0286. The maximum atomic E-state index is 12.1. The Kier molecular flexibility index (Phi) is 5.35. The molecule has 1 aromatic carbocycles. The van der Waals surface area contributed by atoms with Crippen molar-refractivity contribution in [2.45, 2.75) is 45.3 Å². The van der Waals surface area contributed by atoms with Gasteiger partial charge in [0.15, 0.2) is 0 Å². The summed E-state index contributed by atoms with van der Waals surface area (Å²) < 4.78 is 5.41. The van der Waals surface area contributed by atoms with Gasteiger partial charge in [-0.05, 0) is 57.2 Å². The lowest BCUT2D eigenvalue weighted by atomic mass is 9.94. The molecule has 122 valence electrons. The van der Waals surface area contributed by atoms with Gasteiger partial charge < -0.3 is 15.4 Å². The number of amides is 1. The molecule has 0 aliphatic carbocycles. The van der Waals surface area contributed by atoms with Gasteiger partial charge in [0.1, 0.15) is 5.60 Å². The van der Waals surface area contributed by atoms with E-state index < -0.39 is 5.60 Å². The third kappa shape index (κ3) is 4.89. The summed E-state index contributed by atoms with van der Waals surface area (Å²) in [6, 6.07) is 7.80. The molecule has 0 saturated carbocycles. The number of rotatable bonds is 3. The second-order valence-electron chi connectivity index (χ2n) is 6.97. The molecule has 2 rings (SSSR count). The van der Waals surface area contributed by atoms with Crippen molar-refractivity contribution in [2.24, 2.45) is 11.7 Å². The standard InChI is InChI=1S/C17H25ClN2O2/c1-17(2,3)22-16(21)20-9-8-13(11-20)15(19)10-12-4-6-14(18)7-5-12/h4-7,13,15H,8-11,19H2,1-3H3. The Labute approximate surface area is 137 Å². The van der Waals surface area contributed by atoms with Gasteiger partial charge in [0.25, 0.3) is 0 Å². The normalized spacial score (nSPS) is 20.0. The lowest BCUT2D eigenvalue weighted by Crippen LogP contribution is -2.38. The van der Waals surface area contributed by atoms with Crippen LogP contribution in [0.25, 0.3) is 0 Å². The fourth-order valence-corrected chi connectivity index (χ4v) is 2.81. The Morgan fingerprint density at radius 3 is 2.64 bits per heavy atom. The van der Waals surface area contributed by atoms with Gasteiger partial charge in [-0.1, -0.05) is 23.7 Å². The van der Waals surface area contributed by atoms with E-state index in [2.05, 4.69) is 0 Å². The van der Waals surface area contributed by atoms with Crippen LogP contribution in [0.1, 0.15) is 32.8 Å². The van der Waals surface area contributed by atoms with Crippen LogP contribution in [0.3, 0.4) is 0 Å². The Morgan fingerprint density at radius 1 is 1.41 bits per heavy atom. The minimum Gasteiger partial charge on any atom is -0.444 e. The molecule has 2 atom stereocenters. The zero-order chi connectivity index (χ0) is 16.3. The lowest BCUT2D eigenvalue weighted by Gasteiger charge is -2.25. The average molecular weight is 325 g/mol. The highest BCUT2D eigenvalue weighted by Gasteiger charge is 2.32. The molecule has 1 aromatic rings. The summed E-state index contributed by atoms with van der Waals surface area (Å²) in [6.07, 6.45) is 1.48. The van der Waals surface area contributed by atoms with E-state index >= 15 is 0 Å². The van der Waals surface area contributed by atoms with Crippen LogP contribution in [0.4, 0.5) is 4.79 Å². The maximum Gasteiger partial charge on any atom is 0.410 e. The summed E-state index contributed by atoms with van der Waals surface area (Å²) >= 11 is 5.89. The smallest absolute Gasteiger partial charge is 0.410 e. The van der Waals surface area contributed by atoms with Gasteiger partial charge in [0, 0.05) is 24.2 Å². The highest BCUT2D eigenvalue weighted by molar-refractivity contribution is 6.30. The predicted molar refractivity (Wildman–Crippen MR) is 89.0 cm³/mol. The van der Waals surface area contributed by atoms with E-state index in [0.717, 1.165) is 17.9 Å². The number of nitrogens with zero attached hydrogens (tertiary/aromatic N) is 1. The van der Waals surface area contributed by atoms with E-state index in [4.69, 9.17) is 22.1 Å². The van der Waals surface area contributed by atoms with Gasteiger partial charge in [0.05, 0.1) is 0 Å². The van der Waals surface area contributed by atoms with E-state index in [0.29, 0.717) is 19.0 Å². The van der Waals surface area contributed by atoms with E-state index in [1.165, 1.54) is 5.56 Å². The van der Waals surface area contributed by atoms with Crippen molar-refractivity contribution in [1.29, 1.82) is 0 Å². The minimum absolute atomic E-state index is 0.0358. The van der Waals surface area contributed by atoms with Crippen LogP contribution in [0.5, 0.6) is 0 Å². The molecule has 2 N–H and O–H groups in total. The quantitative estimate of drug-likeness (QED) is 0.926. The van der Waals surface area contributed by atoms with Crippen molar-refractivity contribution in [2.75, 3.05) is 13.1 Å².